The van der Waals surface area contributed by atoms with E-state index in [4.69, 9.17) is 9.84 Å². The van der Waals surface area contributed by atoms with E-state index in [1.807, 2.05) is 37.3 Å². The first-order chi connectivity index (χ1) is 9.22. The number of hydrogen-bond donors (Lipinski definition) is 1. The molecule has 3 heteroatoms. The Morgan fingerprint density at radius 2 is 1.89 bits per heavy atom. The zero-order valence-corrected chi connectivity index (χ0v) is 10.8. The van der Waals surface area contributed by atoms with Crippen LogP contribution in [0.25, 0.3) is 0 Å². The molecule has 0 spiro atoms. The van der Waals surface area contributed by atoms with E-state index >= 15 is 0 Å². The molecule has 0 fully saturated rings. The molecule has 0 unspecified atom stereocenters. The summed E-state index contributed by atoms with van der Waals surface area (Å²) in [7, 11) is 0. The van der Waals surface area contributed by atoms with E-state index in [-0.39, 0.29) is 6.61 Å². The number of aryl methyl sites for hydroxylation is 1. The van der Waals surface area contributed by atoms with Gasteiger partial charge in [-0.3, -0.25) is 4.79 Å². The number of aliphatic hydroxyl groups is 1. The van der Waals surface area contributed by atoms with Crippen molar-refractivity contribution in [3.63, 3.8) is 0 Å². The van der Waals surface area contributed by atoms with Crippen LogP contribution in [0.4, 0.5) is 0 Å². The Balaban J connectivity index is 2.18. The Bertz CT molecular complexity index is 559. The summed E-state index contributed by atoms with van der Waals surface area (Å²) in [4.78, 5) is 10.8. The second kappa shape index (κ2) is 6.16. The van der Waals surface area contributed by atoms with Crippen LogP contribution in [-0.4, -0.2) is 18.0 Å². The van der Waals surface area contributed by atoms with Crippen molar-refractivity contribution in [1.82, 2.24) is 0 Å². The zero-order chi connectivity index (χ0) is 13.7. The molecule has 0 saturated carbocycles. The van der Waals surface area contributed by atoms with Gasteiger partial charge in [-0.15, -0.1) is 0 Å². The fraction of sp³-hybridized carbons (Fsp3) is 0.188. The van der Waals surface area contributed by atoms with Gasteiger partial charge in [0, 0.05) is 12.2 Å². The third-order valence-corrected chi connectivity index (χ3v) is 2.90. The first-order valence-corrected chi connectivity index (χ1v) is 6.16. The van der Waals surface area contributed by atoms with Crippen LogP contribution in [0.1, 0.15) is 21.5 Å². The quantitative estimate of drug-likeness (QED) is 0.836. The molecule has 0 aliphatic rings. The largest absolute Gasteiger partial charge is 0.457 e. The Morgan fingerprint density at radius 1 is 1.16 bits per heavy atom. The maximum Gasteiger partial charge on any atom is 0.150 e. The number of carbonyl (C=O) groups is 1. The van der Waals surface area contributed by atoms with Crippen LogP contribution >= 0.6 is 0 Å². The van der Waals surface area contributed by atoms with Crippen molar-refractivity contribution in [2.24, 2.45) is 0 Å². The highest BCUT2D eigenvalue weighted by molar-refractivity contribution is 5.75. The van der Waals surface area contributed by atoms with Crippen molar-refractivity contribution in [2.75, 3.05) is 6.61 Å². The third kappa shape index (κ3) is 3.42. The highest BCUT2D eigenvalue weighted by Gasteiger charge is 2.03. The molecule has 0 radical (unpaired) electrons. The highest BCUT2D eigenvalue weighted by Crippen LogP contribution is 2.26. The Kier molecular flexibility index (Phi) is 4.31. The van der Waals surface area contributed by atoms with E-state index in [9.17, 15) is 4.79 Å². The average molecular weight is 256 g/mol. The van der Waals surface area contributed by atoms with Crippen LogP contribution < -0.4 is 4.74 Å². The molecule has 3 nitrogen and oxygen atoms in total. The van der Waals surface area contributed by atoms with Gasteiger partial charge in [-0.25, -0.2) is 0 Å². The molecule has 19 heavy (non-hydrogen) atoms. The van der Waals surface area contributed by atoms with Gasteiger partial charge in [0.05, 0.1) is 0 Å². The fourth-order valence-electron chi connectivity index (χ4n) is 1.78. The molecule has 0 aliphatic heterocycles. The molecule has 98 valence electrons. The van der Waals surface area contributed by atoms with E-state index < -0.39 is 0 Å². The molecule has 0 aliphatic carbocycles. The van der Waals surface area contributed by atoms with Crippen molar-refractivity contribution < 1.29 is 14.6 Å². The maximum absolute atomic E-state index is 10.8. The molecule has 1 N–H and O–H groups in total. The Morgan fingerprint density at radius 3 is 2.53 bits per heavy atom. The van der Waals surface area contributed by atoms with Gasteiger partial charge in [-0.1, -0.05) is 24.3 Å². The van der Waals surface area contributed by atoms with E-state index in [1.165, 1.54) is 0 Å². The molecule has 0 heterocycles. The molecule has 2 rings (SSSR count). The fourth-order valence-corrected chi connectivity index (χ4v) is 1.78. The summed E-state index contributed by atoms with van der Waals surface area (Å²) in [5.41, 5.74) is 2.63. The highest BCUT2D eigenvalue weighted by atomic mass is 16.5. The van der Waals surface area contributed by atoms with Gasteiger partial charge in [-0.05, 0) is 42.7 Å². The van der Waals surface area contributed by atoms with Gasteiger partial charge in [0.15, 0.2) is 0 Å². The zero-order valence-electron chi connectivity index (χ0n) is 10.8. The second-order valence-corrected chi connectivity index (χ2v) is 4.36. The number of rotatable bonds is 5. The van der Waals surface area contributed by atoms with Crippen LogP contribution in [0.5, 0.6) is 11.5 Å². The van der Waals surface area contributed by atoms with E-state index in [0.717, 1.165) is 17.4 Å². The van der Waals surface area contributed by atoms with Gasteiger partial charge >= 0.3 is 0 Å². The summed E-state index contributed by atoms with van der Waals surface area (Å²) in [6.07, 6.45) is 1.44. The molecule has 0 aromatic heterocycles. The predicted molar refractivity (Wildman–Crippen MR) is 73.9 cm³/mol. The first kappa shape index (κ1) is 13.3. The maximum atomic E-state index is 10.8. The van der Waals surface area contributed by atoms with Crippen molar-refractivity contribution >= 4 is 6.29 Å². The lowest BCUT2D eigenvalue weighted by atomic mass is 10.1. The molecular formula is C16H16O3. The van der Waals surface area contributed by atoms with Gasteiger partial charge in [0.2, 0.25) is 0 Å². The minimum Gasteiger partial charge on any atom is -0.457 e. The van der Waals surface area contributed by atoms with Crippen LogP contribution in [0, 0.1) is 6.92 Å². The molecule has 2 aromatic carbocycles. The SMILES string of the molecule is Cc1ccc(C=O)cc1Oc1ccc(CCO)cc1. The number of ether oxygens (including phenoxy) is 1. The van der Waals surface area contributed by atoms with Gasteiger partial charge in [0.1, 0.15) is 17.8 Å². The lowest BCUT2D eigenvalue weighted by Crippen LogP contribution is -1.92. The molecule has 2 aromatic rings. The standard InChI is InChI=1S/C16H16O3/c1-12-2-3-14(11-18)10-16(12)19-15-6-4-13(5-7-15)8-9-17/h2-7,10-11,17H,8-9H2,1H3. The van der Waals surface area contributed by atoms with Crippen molar-refractivity contribution in [3.05, 3.63) is 59.2 Å². The summed E-state index contributed by atoms with van der Waals surface area (Å²) in [5, 5.41) is 8.85. The number of benzene rings is 2. The van der Waals surface area contributed by atoms with Crippen molar-refractivity contribution in [1.29, 1.82) is 0 Å². The van der Waals surface area contributed by atoms with Gasteiger partial charge in [0.25, 0.3) is 0 Å². The third-order valence-electron chi connectivity index (χ3n) is 2.90. The number of aliphatic hydroxyl groups excluding tert-OH is 1. The first-order valence-electron chi connectivity index (χ1n) is 6.16. The van der Waals surface area contributed by atoms with Crippen LogP contribution in [0.3, 0.4) is 0 Å². The number of carbonyl (C=O) groups excluding carboxylic acids is 1. The van der Waals surface area contributed by atoms with Gasteiger partial charge < -0.3 is 9.84 Å². The summed E-state index contributed by atoms with van der Waals surface area (Å²) >= 11 is 0. The lowest BCUT2D eigenvalue weighted by molar-refractivity contribution is 0.112. The number of hydrogen-bond acceptors (Lipinski definition) is 3. The van der Waals surface area contributed by atoms with E-state index in [1.54, 1.807) is 12.1 Å². The topological polar surface area (TPSA) is 46.5 Å². The Hall–Kier alpha value is -2.13. The van der Waals surface area contributed by atoms with Crippen LogP contribution in [0.15, 0.2) is 42.5 Å². The summed E-state index contributed by atoms with van der Waals surface area (Å²) < 4.78 is 5.76. The monoisotopic (exact) mass is 256 g/mol. The van der Waals surface area contributed by atoms with E-state index in [2.05, 4.69) is 0 Å². The molecule has 0 amide bonds. The van der Waals surface area contributed by atoms with Crippen molar-refractivity contribution in [3.8, 4) is 11.5 Å². The number of aldehydes is 1. The molecule has 0 bridgehead atoms. The van der Waals surface area contributed by atoms with Crippen LogP contribution in [0.2, 0.25) is 0 Å². The minimum atomic E-state index is 0.140. The normalized spacial score (nSPS) is 10.2. The molecular weight excluding hydrogens is 240 g/mol. The lowest BCUT2D eigenvalue weighted by Gasteiger charge is -2.09. The summed E-state index contributed by atoms with van der Waals surface area (Å²) in [6.45, 7) is 2.07. The van der Waals surface area contributed by atoms with Crippen molar-refractivity contribution in [2.45, 2.75) is 13.3 Å². The summed E-state index contributed by atoms with van der Waals surface area (Å²) in [5.74, 6) is 1.40. The van der Waals surface area contributed by atoms with Crippen LogP contribution in [-0.2, 0) is 6.42 Å². The Labute approximate surface area is 112 Å². The average Bonchev–Trinajstić information content (AvgIpc) is 2.44. The smallest absolute Gasteiger partial charge is 0.150 e. The molecule has 0 atom stereocenters. The summed E-state index contributed by atoms with van der Waals surface area (Å²) in [6, 6.07) is 12.9. The minimum absolute atomic E-state index is 0.140. The predicted octanol–water partition coefficient (Wildman–Crippen LogP) is 3.13. The molecule has 0 saturated heterocycles. The van der Waals surface area contributed by atoms with E-state index in [0.29, 0.717) is 23.5 Å². The second-order valence-electron chi connectivity index (χ2n) is 4.36. The van der Waals surface area contributed by atoms with Gasteiger partial charge in [-0.2, -0.15) is 0 Å².